The molecule has 0 aliphatic carbocycles. The van der Waals surface area contributed by atoms with Gasteiger partial charge in [0.05, 0.1) is 24.7 Å². The van der Waals surface area contributed by atoms with E-state index in [2.05, 4.69) is 0 Å². The average molecular weight is 362 g/mol. The van der Waals surface area contributed by atoms with E-state index in [4.69, 9.17) is 14.2 Å². The van der Waals surface area contributed by atoms with Crippen LogP contribution in [-0.2, 0) is 11.3 Å². The number of carbonyl (C=O) groups excluding carboxylic acids is 1. The van der Waals surface area contributed by atoms with Gasteiger partial charge in [-0.25, -0.2) is 0 Å². The predicted molar refractivity (Wildman–Crippen MR) is 95.3 cm³/mol. The van der Waals surface area contributed by atoms with Crippen molar-refractivity contribution in [2.24, 2.45) is 0 Å². The largest absolute Gasteiger partial charge is 0.496 e. The summed E-state index contributed by atoms with van der Waals surface area (Å²) >= 11 is 0. The Kier molecular flexibility index (Phi) is 6.35. The third-order valence-electron chi connectivity index (χ3n) is 4.11. The Bertz CT molecular complexity index is 812. The van der Waals surface area contributed by atoms with Gasteiger partial charge in [-0.05, 0) is 32.0 Å². The summed E-state index contributed by atoms with van der Waals surface area (Å²) in [6.07, 6.45) is 0. The molecule has 0 N–H and O–H groups in total. The minimum absolute atomic E-state index is 0.0253. The molecular weight excluding hydrogens is 340 g/mol. The summed E-state index contributed by atoms with van der Waals surface area (Å²) in [5.41, 5.74) is 2.05. The van der Waals surface area contributed by atoms with Crippen molar-refractivity contribution >= 4 is 11.5 Å². The Morgan fingerprint density at radius 3 is 2.58 bits per heavy atom. The number of methoxy groups -OCH3 is 2. The molecule has 0 radical (unpaired) electrons. The first-order valence-electron chi connectivity index (χ1n) is 8.03. The first kappa shape index (κ1) is 19.5. The second kappa shape index (κ2) is 8.48. The molecule has 0 atom stereocenters. The summed E-state index contributed by atoms with van der Waals surface area (Å²) in [5, 5.41) is 11.2. The Hall–Kier alpha value is -2.87. The van der Waals surface area contributed by atoms with Crippen LogP contribution in [0.25, 0.3) is 0 Å². The standard InChI is InChI=1S/C18H22N2O6/c1-12-9-15(13(2)19(12)7-8-24-3)17(21)11-26-18-6-5-14(25-4)10-16(18)20(22)23/h5-6,9-10H,7-8,11H2,1-4H3. The van der Waals surface area contributed by atoms with Crippen LogP contribution in [0.5, 0.6) is 11.5 Å². The zero-order chi connectivity index (χ0) is 19.3. The molecule has 1 heterocycles. The van der Waals surface area contributed by atoms with E-state index in [0.717, 1.165) is 11.4 Å². The molecule has 2 aromatic rings. The molecule has 0 amide bonds. The highest BCUT2D eigenvalue weighted by atomic mass is 16.6. The molecule has 0 aliphatic rings. The maximum absolute atomic E-state index is 12.5. The van der Waals surface area contributed by atoms with Crippen LogP contribution in [-0.4, -0.2) is 42.7 Å². The fraction of sp³-hybridized carbons (Fsp3) is 0.389. The van der Waals surface area contributed by atoms with Crippen molar-refractivity contribution in [2.75, 3.05) is 27.4 Å². The van der Waals surface area contributed by atoms with Gasteiger partial charge in [0.15, 0.2) is 12.4 Å². The van der Waals surface area contributed by atoms with Gasteiger partial charge in [0.25, 0.3) is 0 Å². The number of hydrogen-bond acceptors (Lipinski definition) is 6. The molecule has 1 aromatic carbocycles. The molecule has 8 heteroatoms. The second-order valence-corrected chi connectivity index (χ2v) is 5.73. The van der Waals surface area contributed by atoms with Gasteiger partial charge in [-0.1, -0.05) is 0 Å². The third kappa shape index (κ3) is 4.20. The second-order valence-electron chi connectivity index (χ2n) is 5.73. The molecule has 0 spiro atoms. The van der Waals surface area contributed by atoms with E-state index in [0.29, 0.717) is 24.5 Å². The summed E-state index contributed by atoms with van der Waals surface area (Å²) in [6.45, 7) is 4.66. The SMILES string of the molecule is COCCn1c(C)cc(C(=O)COc2ccc(OC)cc2[N+](=O)[O-])c1C. The number of Topliss-reactive ketones (excluding diaryl/α,β-unsaturated/α-hetero) is 1. The van der Waals surface area contributed by atoms with Crippen molar-refractivity contribution in [2.45, 2.75) is 20.4 Å². The number of nitro groups is 1. The zero-order valence-electron chi connectivity index (χ0n) is 15.3. The van der Waals surface area contributed by atoms with E-state index in [1.54, 1.807) is 19.2 Å². The van der Waals surface area contributed by atoms with Gasteiger partial charge in [-0.2, -0.15) is 0 Å². The molecule has 0 bridgehead atoms. The summed E-state index contributed by atoms with van der Waals surface area (Å²) in [4.78, 5) is 23.1. The first-order chi connectivity index (χ1) is 12.4. The maximum atomic E-state index is 12.5. The topological polar surface area (TPSA) is 92.8 Å². The van der Waals surface area contributed by atoms with Gasteiger partial charge in [0, 0.05) is 30.6 Å². The smallest absolute Gasteiger partial charge is 0.314 e. The number of aryl methyl sites for hydroxylation is 1. The molecule has 140 valence electrons. The molecule has 1 aromatic heterocycles. The highest BCUT2D eigenvalue weighted by Crippen LogP contribution is 2.31. The number of nitrogens with zero attached hydrogens (tertiary/aromatic N) is 2. The maximum Gasteiger partial charge on any atom is 0.314 e. The van der Waals surface area contributed by atoms with Crippen molar-refractivity contribution in [1.82, 2.24) is 4.57 Å². The number of carbonyl (C=O) groups is 1. The minimum atomic E-state index is -0.570. The van der Waals surface area contributed by atoms with Gasteiger partial charge in [0.1, 0.15) is 5.75 Å². The lowest BCUT2D eigenvalue weighted by Crippen LogP contribution is -2.14. The van der Waals surface area contributed by atoms with Crippen molar-refractivity contribution in [3.63, 3.8) is 0 Å². The summed E-state index contributed by atoms with van der Waals surface area (Å²) < 4.78 is 17.5. The van der Waals surface area contributed by atoms with Crippen LogP contribution in [0, 0.1) is 24.0 Å². The lowest BCUT2D eigenvalue weighted by molar-refractivity contribution is -0.385. The lowest BCUT2D eigenvalue weighted by atomic mass is 10.1. The van der Waals surface area contributed by atoms with Crippen LogP contribution in [0.15, 0.2) is 24.3 Å². The van der Waals surface area contributed by atoms with Crippen molar-refractivity contribution < 1.29 is 23.9 Å². The molecular formula is C18H22N2O6. The van der Waals surface area contributed by atoms with E-state index >= 15 is 0 Å². The fourth-order valence-corrected chi connectivity index (χ4v) is 2.72. The van der Waals surface area contributed by atoms with Gasteiger partial charge in [-0.15, -0.1) is 0 Å². The van der Waals surface area contributed by atoms with Gasteiger partial charge >= 0.3 is 5.69 Å². The quantitative estimate of drug-likeness (QED) is 0.387. The van der Waals surface area contributed by atoms with Crippen LogP contribution in [0.2, 0.25) is 0 Å². The summed E-state index contributed by atoms with van der Waals surface area (Å²) in [6, 6.07) is 6.02. The van der Waals surface area contributed by atoms with Crippen molar-refractivity contribution in [1.29, 1.82) is 0 Å². The minimum Gasteiger partial charge on any atom is -0.496 e. The van der Waals surface area contributed by atoms with Gasteiger partial charge < -0.3 is 18.8 Å². The molecule has 26 heavy (non-hydrogen) atoms. The Morgan fingerprint density at radius 2 is 1.96 bits per heavy atom. The molecule has 0 unspecified atom stereocenters. The van der Waals surface area contributed by atoms with Gasteiger partial charge in [-0.3, -0.25) is 14.9 Å². The van der Waals surface area contributed by atoms with E-state index in [9.17, 15) is 14.9 Å². The van der Waals surface area contributed by atoms with Crippen LogP contribution in [0.1, 0.15) is 21.7 Å². The van der Waals surface area contributed by atoms with Crippen LogP contribution in [0.3, 0.4) is 0 Å². The molecule has 0 saturated carbocycles. The van der Waals surface area contributed by atoms with Crippen LogP contribution < -0.4 is 9.47 Å². The van der Waals surface area contributed by atoms with Crippen LogP contribution in [0.4, 0.5) is 5.69 Å². The molecule has 0 saturated heterocycles. The molecule has 2 rings (SSSR count). The zero-order valence-corrected chi connectivity index (χ0v) is 15.3. The summed E-state index contributed by atoms with van der Waals surface area (Å²) in [7, 11) is 3.04. The van der Waals surface area contributed by atoms with E-state index in [1.807, 2.05) is 18.4 Å². The number of benzene rings is 1. The fourth-order valence-electron chi connectivity index (χ4n) is 2.72. The Morgan fingerprint density at radius 1 is 1.23 bits per heavy atom. The van der Waals surface area contributed by atoms with E-state index < -0.39 is 4.92 Å². The van der Waals surface area contributed by atoms with Crippen molar-refractivity contribution in [3.05, 3.63) is 51.3 Å². The molecule has 8 nitrogen and oxygen atoms in total. The normalized spacial score (nSPS) is 10.6. The highest BCUT2D eigenvalue weighted by Gasteiger charge is 2.20. The average Bonchev–Trinajstić information content (AvgIpc) is 2.91. The Labute approximate surface area is 151 Å². The lowest BCUT2D eigenvalue weighted by Gasteiger charge is -2.09. The monoisotopic (exact) mass is 362 g/mol. The van der Waals surface area contributed by atoms with E-state index in [1.165, 1.54) is 19.2 Å². The number of hydrogen-bond donors (Lipinski definition) is 0. The number of aromatic nitrogens is 1. The van der Waals surface area contributed by atoms with Gasteiger partial charge in [0.2, 0.25) is 5.78 Å². The summed E-state index contributed by atoms with van der Waals surface area (Å²) in [5.74, 6) is 0.126. The van der Waals surface area contributed by atoms with Crippen LogP contribution >= 0.6 is 0 Å². The first-order valence-corrected chi connectivity index (χ1v) is 8.03. The number of rotatable bonds is 9. The number of ether oxygens (including phenoxy) is 3. The molecule has 0 fully saturated rings. The predicted octanol–water partition coefficient (Wildman–Crippen LogP) is 2.93. The highest BCUT2D eigenvalue weighted by molar-refractivity contribution is 5.98. The molecule has 0 aliphatic heterocycles. The number of ketones is 1. The third-order valence-corrected chi connectivity index (χ3v) is 4.11. The van der Waals surface area contributed by atoms with E-state index in [-0.39, 0.29) is 23.8 Å². The Balaban J connectivity index is 2.16. The van der Waals surface area contributed by atoms with Crippen molar-refractivity contribution in [3.8, 4) is 11.5 Å². The number of nitro benzene ring substituents is 1.